The number of hydrogen-bond acceptors (Lipinski definition) is 2. The second-order valence-electron chi connectivity index (χ2n) is 2.79. The van der Waals surface area contributed by atoms with Gasteiger partial charge < -0.3 is 0 Å². The molecule has 0 saturated heterocycles. The molecular formula is C8H7F2N3. The zero-order valence-corrected chi connectivity index (χ0v) is 6.69. The molecule has 68 valence electrons. The third kappa shape index (κ3) is 1.37. The van der Waals surface area contributed by atoms with Crippen LogP contribution in [-0.2, 0) is 5.79 Å². The normalized spacial score (nSPS) is 27.4. The molecule has 1 aromatic rings. The van der Waals surface area contributed by atoms with Crippen molar-refractivity contribution >= 4 is 0 Å². The summed E-state index contributed by atoms with van der Waals surface area (Å²) in [6, 6.07) is 0. The van der Waals surface area contributed by atoms with E-state index in [9.17, 15) is 8.78 Å². The third-order valence-corrected chi connectivity index (χ3v) is 1.84. The molecule has 13 heavy (non-hydrogen) atoms. The maximum Gasteiger partial charge on any atom is 0.228 e. The zero-order valence-electron chi connectivity index (χ0n) is 6.69. The van der Waals surface area contributed by atoms with Crippen LogP contribution in [-0.4, -0.2) is 14.8 Å². The Kier molecular flexibility index (Phi) is 1.72. The Bertz CT molecular complexity index is 355. The van der Waals surface area contributed by atoms with Crippen molar-refractivity contribution in [3.05, 3.63) is 36.7 Å². The van der Waals surface area contributed by atoms with Gasteiger partial charge in [-0.05, 0) is 6.08 Å². The number of alkyl halides is 1. The van der Waals surface area contributed by atoms with Crippen molar-refractivity contribution in [2.45, 2.75) is 12.2 Å². The highest BCUT2D eigenvalue weighted by molar-refractivity contribution is 5.21. The molecule has 1 aromatic heterocycles. The van der Waals surface area contributed by atoms with Crippen LogP contribution in [0.4, 0.5) is 8.78 Å². The lowest BCUT2D eigenvalue weighted by atomic mass is 10.1. The zero-order chi connectivity index (χ0) is 9.31. The third-order valence-electron chi connectivity index (χ3n) is 1.84. The fraction of sp³-hybridized carbons (Fsp3) is 0.250. The molecule has 1 atom stereocenters. The van der Waals surface area contributed by atoms with Crippen molar-refractivity contribution in [3.8, 4) is 0 Å². The van der Waals surface area contributed by atoms with Crippen molar-refractivity contribution in [2.75, 3.05) is 0 Å². The average Bonchev–Trinajstić information content (AvgIpc) is 2.55. The maximum atomic E-state index is 13.9. The number of aromatic nitrogens is 3. The quantitative estimate of drug-likeness (QED) is 0.663. The highest BCUT2D eigenvalue weighted by atomic mass is 19.2. The molecule has 1 aliphatic rings. The average molecular weight is 183 g/mol. The summed E-state index contributed by atoms with van der Waals surface area (Å²) in [5.41, 5.74) is 0. The molecule has 0 N–H and O–H groups in total. The first-order chi connectivity index (χ1) is 6.21. The summed E-state index contributed by atoms with van der Waals surface area (Å²) < 4.78 is 27.6. The Morgan fingerprint density at radius 1 is 1.54 bits per heavy atom. The van der Waals surface area contributed by atoms with E-state index in [-0.39, 0.29) is 6.42 Å². The molecule has 0 spiro atoms. The summed E-state index contributed by atoms with van der Waals surface area (Å²) in [4.78, 5) is 3.60. The van der Waals surface area contributed by atoms with E-state index in [4.69, 9.17) is 0 Å². The second kappa shape index (κ2) is 2.76. The van der Waals surface area contributed by atoms with Crippen LogP contribution in [0.1, 0.15) is 6.42 Å². The fourth-order valence-corrected chi connectivity index (χ4v) is 1.21. The van der Waals surface area contributed by atoms with Gasteiger partial charge in [0.25, 0.3) is 0 Å². The van der Waals surface area contributed by atoms with Crippen molar-refractivity contribution < 1.29 is 8.78 Å². The SMILES string of the molecule is FC1=CC(F)(n2cncn2)CC=C1. The minimum Gasteiger partial charge on any atom is -0.223 e. The van der Waals surface area contributed by atoms with Gasteiger partial charge in [-0.25, -0.2) is 18.4 Å². The Balaban J connectivity index is 2.38. The first-order valence-corrected chi connectivity index (χ1v) is 3.80. The summed E-state index contributed by atoms with van der Waals surface area (Å²) in [5.74, 6) is -2.50. The number of hydrogen-bond donors (Lipinski definition) is 0. The lowest BCUT2D eigenvalue weighted by Crippen LogP contribution is -2.27. The second-order valence-corrected chi connectivity index (χ2v) is 2.79. The molecule has 0 aliphatic heterocycles. The van der Waals surface area contributed by atoms with Crippen LogP contribution in [0.3, 0.4) is 0 Å². The van der Waals surface area contributed by atoms with Gasteiger partial charge >= 0.3 is 0 Å². The summed E-state index contributed by atoms with van der Waals surface area (Å²) in [5, 5.41) is 3.63. The van der Waals surface area contributed by atoms with Gasteiger partial charge in [0.05, 0.1) is 0 Å². The van der Waals surface area contributed by atoms with Crippen molar-refractivity contribution in [3.63, 3.8) is 0 Å². The molecule has 2 rings (SSSR count). The molecule has 3 nitrogen and oxygen atoms in total. The first kappa shape index (κ1) is 8.10. The molecule has 0 aromatic carbocycles. The van der Waals surface area contributed by atoms with E-state index in [1.165, 1.54) is 24.8 Å². The van der Waals surface area contributed by atoms with E-state index in [2.05, 4.69) is 10.1 Å². The van der Waals surface area contributed by atoms with Crippen LogP contribution in [0.15, 0.2) is 36.7 Å². The van der Waals surface area contributed by atoms with Crippen LogP contribution >= 0.6 is 0 Å². The Morgan fingerprint density at radius 2 is 2.38 bits per heavy atom. The molecule has 0 bridgehead atoms. The highest BCUT2D eigenvalue weighted by Crippen LogP contribution is 2.29. The van der Waals surface area contributed by atoms with Gasteiger partial charge in [0, 0.05) is 12.5 Å². The van der Waals surface area contributed by atoms with Crippen LogP contribution in [0.5, 0.6) is 0 Å². The Labute approximate surface area is 73.4 Å². The predicted molar refractivity (Wildman–Crippen MR) is 42.1 cm³/mol. The molecule has 1 unspecified atom stereocenters. The minimum atomic E-state index is -1.91. The van der Waals surface area contributed by atoms with Gasteiger partial charge in [0.15, 0.2) is 0 Å². The van der Waals surface area contributed by atoms with Crippen molar-refractivity contribution in [1.29, 1.82) is 0 Å². The summed E-state index contributed by atoms with van der Waals surface area (Å²) >= 11 is 0. The van der Waals surface area contributed by atoms with Crippen LogP contribution in [0.2, 0.25) is 0 Å². The van der Waals surface area contributed by atoms with Crippen LogP contribution < -0.4 is 0 Å². The number of rotatable bonds is 1. The van der Waals surface area contributed by atoms with Crippen LogP contribution in [0.25, 0.3) is 0 Å². The van der Waals surface area contributed by atoms with Gasteiger partial charge in [-0.1, -0.05) is 6.08 Å². The molecule has 0 fully saturated rings. The number of nitrogens with zero attached hydrogens (tertiary/aromatic N) is 3. The number of halogens is 2. The van der Waals surface area contributed by atoms with E-state index in [0.717, 1.165) is 10.8 Å². The van der Waals surface area contributed by atoms with E-state index < -0.39 is 11.6 Å². The van der Waals surface area contributed by atoms with Gasteiger partial charge in [0.1, 0.15) is 18.5 Å². The van der Waals surface area contributed by atoms with E-state index in [1.54, 1.807) is 0 Å². The van der Waals surface area contributed by atoms with Gasteiger partial charge in [-0.2, -0.15) is 5.10 Å². The Morgan fingerprint density at radius 3 is 3.00 bits per heavy atom. The highest BCUT2D eigenvalue weighted by Gasteiger charge is 2.31. The fourth-order valence-electron chi connectivity index (χ4n) is 1.21. The molecule has 1 aliphatic carbocycles. The first-order valence-electron chi connectivity index (χ1n) is 3.80. The molecule has 0 radical (unpaired) electrons. The summed E-state index contributed by atoms with van der Waals surface area (Å²) in [7, 11) is 0. The van der Waals surface area contributed by atoms with Crippen LogP contribution in [0, 0.1) is 0 Å². The molecule has 1 heterocycles. The van der Waals surface area contributed by atoms with Crippen molar-refractivity contribution in [1.82, 2.24) is 14.8 Å². The minimum absolute atomic E-state index is 0.0732. The van der Waals surface area contributed by atoms with Gasteiger partial charge in [0.2, 0.25) is 5.79 Å². The lowest BCUT2D eigenvalue weighted by molar-refractivity contribution is 0.113. The van der Waals surface area contributed by atoms with E-state index in [0.29, 0.717) is 0 Å². The van der Waals surface area contributed by atoms with E-state index in [1.807, 2.05) is 0 Å². The largest absolute Gasteiger partial charge is 0.228 e. The van der Waals surface area contributed by atoms with Gasteiger partial charge in [-0.15, -0.1) is 0 Å². The van der Waals surface area contributed by atoms with Crippen molar-refractivity contribution in [2.24, 2.45) is 0 Å². The molecule has 0 saturated carbocycles. The van der Waals surface area contributed by atoms with E-state index >= 15 is 0 Å². The molecule has 5 heteroatoms. The number of allylic oxidation sites excluding steroid dienone is 4. The lowest BCUT2D eigenvalue weighted by Gasteiger charge is -2.21. The smallest absolute Gasteiger partial charge is 0.223 e. The molecular weight excluding hydrogens is 176 g/mol. The molecule has 0 amide bonds. The summed E-state index contributed by atoms with van der Waals surface area (Å²) in [6.07, 6.45) is 6.06. The predicted octanol–water partition coefficient (Wildman–Crippen LogP) is 1.71. The monoisotopic (exact) mass is 183 g/mol. The Hall–Kier alpha value is -1.52. The topological polar surface area (TPSA) is 30.7 Å². The van der Waals surface area contributed by atoms with Gasteiger partial charge in [-0.3, -0.25) is 0 Å². The summed E-state index contributed by atoms with van der Waals surface area (Å²) in [6.45, 7) is 0. The maximum absolute atomic E-state index is 13.9. The standard InChI is InChI=1S/C8H7F2N3/c9-7-2-1-3-8(10,4-7)13-6-11-5-12-13/h1-2,4-6H,3H2.